The van der Waals surface area contributed by atoms with Gasteiger partial charge in [0.2, 0.25) is 0 Å². The molecule has 178 valence electrons. The number of hydrogen-bond acceptors (Lipinski definition) is 6. The van der Waals surface area contributed by atoms with E-state index >= 15 is 0 Å². The Morgan fingerprint density at radius 2 is 2.06 bits per heavy atom. The standard InChI is InChI=1S/C25H26ClN3O4S/c1-4-25(2,3)13-5-7-15-20(11-13)34-24-21(15)23(30)27-22(28-24)19-10-9-18(33-19)16-12-14(29(31)32)6-8-17(16)26/h6,8-10,12-13,22,28H,4-5,7,11H2,1-3H3,(H,27,30)/t13-,22-/m1/s1. The molecule has 2 aromatic heterocycles. The molecule has 0 spiro atoms. The van der Waals surface area contributed by atoms with E-state index < -0.39 is 11.1 Å². The highest BCUT2D eigenvalue weighted by molar-refractivity contribution is 7.16. The monoisotopic (exact) mass is 499 g/mol. The van der Waals surface area contributed by atoms with Crippen LogP contribution in [0, 0.1) is 21.4 Å². The van der Waals surface area contributed by atoms with Crippen molar-refractivity contribution in [1.29, 1.82) is 0 Å². The van der Waals surface area contributed by atoms with Crippen LogP contribution in [0.3, 0.4) is 0 Å². The molecule has 0 radical (unpaired) electrons. The molecule has 7 nitrogen and oxygen atoms in total. The van der Waals surface area contributed by atoms with E-state index in [4.69, 9.17) is 16.0 Å². The molecule has 1 aliphatic heterocycles. The Morgan fingerprint density at radius 1 is 1.26 bits per heavy atom. The fourth-order valence-electron chi connectivity index (χ4n) is 4.86. The highest BCUT2D eigenvalue weighted by Crippen LogP contribution is 2.47. The van der Waals surface area contributed by atoms with Crippen LogP contribution in [-0.4, -0.2) is 10.8 Å². The summed E-state index contributed by atoms with van der Waals surface area (Å²) in [7, 11) is 0. The van der Waals surface area contributed by atoms with Crippen molar-refractivity contribution in [3.8, 4) is 11.3 Å². The van der Waals surface area contributed by atoms with Crippen molar-refractivity contribution >= 4 is 39.5 Å². The second-order valence-corrected chi connectivity index (χ2v) is 11.2. The van der Waals surface area contributed by atoms with Gasteiger partial charge in [0.05, 0.1) is 15.5 Å². The lowest BCUT2D eigenvalue weighted by Gasteiger charge is -2.36. The van der Waals surface area contributed by atoms with Gasteiger partial charge in [-0.25, -0.2) is 0 Å². The third-order valence-corrected chi connectivity index (χ3v) is 8.91. The molecule has 0 unspecified atom stereocenters. The number of rotatable bonds is 5. The van der Waals surface area contributed by atoms with E-state index in [0.717, 1.165) is 36.2 Å². The molecule has 3 heterocycles. The molecule has 0 saturated carbocycles. The predicted octanol–water partition coefficient (Wildman–Crippen LogP) is 6.96. The number of nitrogens with zero attached hydrogens (tertiary/aromatic N) is 1. The summed E-state index contributed by atoms with van der Waals surface area (Å²) < 4.78 is 5.99. The van der Waals surface area contributed by atoms with Crippen molar-refractivity contribution in [1.82, 2.24) is 5.32 Å². The zero-order chi connectivity index (χ0) is 24.2. The van der Waals surface area contributed by atoms with Gasteiger partial charge in [-0.15, -0.1) is 11.3 Å². The predicted molar refractivity (Wildman–Crippen MR) is 134 cm³/mol. The van der Waals surface area contributed by atoms with Crippen LogP contribution >= 0.6 is 22.9 Å². The molecule has 0 fully saturated rings. The first-order valence-electron chi connectivity index (χ1n) is 11.4. The van der Waals surface area contributed by atoms with E-state index in [1.54, 1.807) is 23.5 Å². The summed E-state index contributed by atoms with van der Waals surface area (Å²) in [6.45, 7) is 6.91. The number of nitro groups is 1. The van der Waals surface area contributed by atoms with E-state index in [0.29, 0.717) is 28.0 Å². The number of nitrogens with one attached hydrogen (secondary N) is 2. The SMILES string of the molecule is CCC(C)(C)[C@@H]1CCc2c(sc3c2C(=O)N[C@@H](c2ccc(-c4cc([N+](=O)[O-])ccc4Cl)o2)N3)C1. The molecule has 34 heavy (non-hydrogen) atoms. The number of fused-ring (bicyclic) bond motifs is 3. The number of nitro benzene ring substituents is 1. The van der Waals surface area contributed by atoms with Gasteiger partial charge in [-0.05, 0) is 54.4 Å². The van der Waals surface area contributed by atoms with Crippen LogP contribution in [0.1, 0.15) is 66.3 Å². The molecule has 1 aromatic carbocycles. The van der Waals surface area contributed by atoms with Crippen LogP contribution in [-0.2, 0) is 12.8 Å². The van der Waals surface area contributed by atoms with Gasteiger partial charge in [-0.3, -0.25) is 14.9 Å². The van der Waals surface area contributed by atoms with E-state index in [1.165, 1.54) is 28.6 Å². The van der Waals surface area contributed by atoms with Crippen molar-refractivity contribution in [2.45, 2.75) is 52.6 Å². The van der Waals surface area contributed by atoms with Gasteiger partial charge in [0.15, 0.2) is 6.17 Å². The van der Waals surface area contributed by atoms with Gasteiger partial charge < -0.3 is 15.1 Å². The third kappa shape index (κ3) is 3.88. The van der Waals surface area contributed by atoms with Gasteiger partial charge in [0.25, 0.3) is 11.6 Å². The molecule has 0 bridgehead atoms. The normalized spacial score (nSPS) is 19.7. The molecule has 2 aliphatic rings. The number of carbonyl (C=O) groups excluding carboxylic acids is 1. The fraction of sp³-hybridized carbons (Fsp3) is 0.400. The zero-order valence-electron chi connectivity index (χ0n) is 19.2. The molecule has 3 aromatic rings. The Balaban J connectivity index is 1.41. The van der Waals surface area contributed by atoms with Crippen LogP contribution in [0.15, 0.2) is 34.7 Å². The van der Waals surface area contributed by atoms with Gasteiger partial charge in [0.1, 0.15) is 16.5 Å². The van der Waals surface area contributed by atoms with E-state index in [1.807, 2.05) is 0 Å². The maximum absolute atomic E-state index is 13.1. The van der Waals surface area contributed by atoms with Crippen molar-refractivity contribution in [3.05, 3.63) is 67.2 Å². The average Bonchev–Trinajstić information content (AvgIpc) is 3.43. The Morgan fingerprint density at radius 3 is 2.79 bits per heavy atom. The number of hydrogen-bond donors (Lipinski definition) is 2. The largest absolute Gasteiger partial charge is 0.457 e. The lowest BCUT2D eigenvalue weighted by molar-refractivity contribution is -0.384. The number of anilines is 1. The first kappa shape index (κ1) is 22.9. The van der Waals surface area contributed by atoms with Crippen LogP contribution < -0.4 is 10.6 Å². The Labute approximate surface area is 206 Å². The molecule has 5 rings (SSSR count). The molecule has 2 N–H and O–H groups in total. The molecular weight excluding hydrogens is 474 g/mol. The quantitative estimate of drug-likeness (QED) is 0.292. The minimum Gasteiger partial charge on any atom is -0.457 e. The lowest BCUT2D eigenvalue weighted by atomic mass is 9.69. The van der Waals surface area contributed by atoms with E-state index in [-0.39, 0.29) is 17.0 Å². The van der Waals surface area contributed by atoms with Gasteiger partial charge in [-0.1, -0.05) is 38.8 Å². The fourth-order valence-corrected chi connectivity index (χ4v) is 6.43. The van der Waals surface area contributed by atoms with Crippen LogP contribution in [0.25, 0.3) is 11.3 Å². The summed E-state index contributed by atoms with van der Waals surface area (Å²) in [4.78, 5) is 25.1. The topological polar surface area (TPSA) is 97.4 Å². The number of amides is 1. The first-order valence-corrected chi connectivity index (χ1v) is 12.6. The number of thiophene rings is 1. The summed E-state index contributed by atoms with van der Waals surface area (Å²) in [5.41, 5.74) is 2.58. The highest BCUT2D eigenvalue weighted by Gasteiger charge is 2.38. The zero-order valence-corrected chi connectivity index (χ0v) is 20.8. The number of furan rings is 1. The van der Waals surface area contributed by atoms with Crippen molar-refractivity contribution in [3.63, 3.8) is 0 Å². The van der Waals surface area contributed by atoms with Crippen LogP contribution in [0.2, 0.25) is 5.02 Å². The molecule has 1 aliphatic carbocycles. The summed E-state index contributed by atoms with van der Waals surface area (Å²) in [6, 6.07) is 7.68. The Bertz CT molecular complexity index is 1300. The van der Waals surface area contributed by atoms with Gasteiger partial charge >= 0.3 is 0 Å². The number of halogens is 1. The third-order valence-electron chi connectivity index (χ3n) is 7.40. The van der Waals surface area contributed by atoms with Crippen molar-refractivity contribution < 1.29 is 14.1 Å². The highest BCUT2D eigenvalue weighted by atomic mass is 35.5. The minimum atomic E-state index is -0.533. The Kier molecular flexibility index (Phi) is 5.68. The summed E-state index contributed by atoms with van der Waals surface area (Å²) >= 11 is 7.94. The molecule has 2 atom stereocenters. The van der Waals surface area contributed by atoms with E-state index in [9.17, 15) is 14.9 Å². The first-order chi connectivity index (χ1) is 16.2. The number of benzene rings is 1. The van der Waals surface area contributed by atoms with Gasteiger partial charge in [-0.2, -0.15) is 0 Å². The summed E-state index contributed by atoms with van der Waals surface area (Å²) in [6.07, 6.45) is 3.62. The van der Waals surface area contributed by atoms with Crippen molar-refractivity contribution in [2.24, 2.45) is 11.3 Å². The maximum Gasteiger partial charge on any atom is 0.270 e. The second kappa shape index (κ2) is 8.43. The molecule has 1 amide bonds. The van der Waals surface area contributed by atoms with Crippen molar-refractivity contribution in [2.75, 3.05) is 5.32 Å². The van der Waals surface area contributed by atoms with Gasteiger partial charge in [0, 0.05) is 22.6 Å². The summed E-state index contributed by atoms with van der Waals surface area (Å²) in [5.74, 6) is 1.42. The minimum absolute atomic E-state index is 0.0696. The average molecular weight is 500 g/mol. The molecule has 0 saturated heterocycles. The molecular formula is C25H26ClN3O4S. The maximum atomic E-state index is 13.1. The van der Waals surface area contributed by atoms with Crippen LogP contribution in [0.5, 0.6) is 0 Å². The lowest BCUT2D eigenvalue weighted by Crippen LogP contribution is -2.38. The smallest absolute Gasteiger partial charge is 0.270 e. The molecule has 9 heteroatoms. The summed E-state index contributed by atoms with van der Waals surface area (Å²) in [5, 5.41) is 18.8. The number of non-ortho nitro benzene ring substituents is 1. The second-order valence-electron chi connectivity index (χ2n) is 9.66. The van der Waals surface area contributed by atoms with Crippen LogP contribution in [0.4, 0.5) is 10.7 Å². The van der Waals surface area contributed by atoms with E-state index in [2.05, 4.69) is 31.4 Å². The Hall–Kier alpha value is -2.84. The number of carbonyl (C=O) groups is 1.